The number of nitrogens with one attached hydrogen (secondary N) is 3. The first-order valence-electron chi connectivity index (χ1n) is 10.5. The summed E-state index contributed by atoms with van der Waals surface area (Å²) in [5, 5.41) is 14.0. The molecule has 0 unspecified atom stereocenters. The third-order valence-electron chi connectivity index (χ3n) is 5.65. The molecule has 2 amide bonds. The molecule has 4 rings (SSSR count). The fraction of sp³-hybridized carbons (Fsp3) is 0.364. The molecule has 0 radical (unpaired) electrons. The van der Waals surface area contributed by atoms with Crippen LogP contribution in [-0.4, -0.2) is 59.3 Å². The van der Waals surface area contributed by atoms with Crippen LogP contribution in [-0.2, 0) is 16.1 Å². The Bertz CT molecular complexity index is 1130. The fourth-order valence-electron chi connectivity index (χ4n) is 3.81. The van der Waals surface area contributed by atoms with Gasteiger partial charge in [0, 0.05) is 43.2 Å². The molecule has 1 saturated heterocycles. The molecule has 32 heavy (non-hydrogen) atoms. The monoisotopic (exact) mass is 437 g/mol. The molecule has 1 fully saturated rings. The number of ether oxygens (including phenoxy) is 1. The second-order valence-corrected chi connectivity index (χ2v) is 7.99. The van der Waals surface area contributed by atoms with Crippen LogP contribution in [0.25, 0.3) is 16.6 Å². The van der Waals surface area contributed by atoms with Gasteiger partial charge in [-0.1, -0.05) is 13.0 Å². The van der Waals surface area contributed by atoms with E-state index < -0.39 is 5.91 Å². The van der Waals surface area contributed by atoms with Gasteiger partial charge in [-0.3, -0.25) is 14.6 Å². The van der Waals surface area contributed by atoms with E-state index in [2.05, 4.69) is 33.0 Å². The normalized spacial score (nSPS) is 18.1. The maximum atomic E-state index is 12.1. The summed E-state index contributed by atoms with van der Waals surface area (Å²) >= 11 is 0. The first kappa shape index (κ1) is 21.7. The Morgan fingerprint density at radius 3 is 2.78 bits per heavy atom. The van der Waals surface area contributed by atoms with Crippen LogP contribution in [0, 0.1) is 5.92 Å². The molecule has 168 valence electrons. The number of rotatable bonds is 8. The number of amides is 2. The first-order valence-corrected chi connectivity index (χ1v) is 10.5. The standard InChI is InChI=1S/C22H27N7O3/c1-13-6-24-10-18(13)28-21-17(22(23)31)9-27-29-11-15(5-19(21)29)14-3-4-16(25-7-14)8-26-20(30)12-32-2/h3-5,7,9,11,13,18,24,28H,6,8,10,12H2,1-2H3,(H2,23,31)(H,26,30)/t13-,18-/m1/s1. The van der Waals surface area contributed by atoms with E-state index in [4.69, 9.17) is 10.5 Å². The van der Waals surface area contributed by atoms with Crippen molar-refractivity contribution in [3.8, 4) is 11.1 Å². The van der Waals surface area contributed by atoms with E-state index in [0.29, 0.717) is 23.7 Å². The lowest BCUT2D eigenvalue weighted by molar-refractivity contribution is -0.124. The summed E-state index contributed by atoms with van der Waals surface area (Å²) in [5.41, 5.74) is 9.98. The molecule has 3 aromatic heterocycles. The van der Waals surface area contributed by atoms with Gasteiger partial charge in [-0.05, 0) is 24.6 Å². The van der Waals surface area contributed by atoms with Crippen molar-refractivity contribution in [2.24, 2.45) is 11.7 Å². The molecule has 0 spiro atoms. The minimum Gasteiger partial charge on any atom is -0.378 e. The van der Waals surface area contributed by atoms with Gasteiger partial charge >= 0.3 is 0 Å². The van der Waals surface area contributed by atoms with Gasteiger partial charge in [-0.2, -0.15) is 5.10 Å². The summed E-state index contributed by atoms with van der Waals surface area (Å²) in [6.07, 6.45) is 5.13. The zero-order valence-corrected chi connectivity index (χ0v) is 18.1. The molecule has 10 nitrogen and oxygen atoms in total. The van der Waals surface area contributed by atoms with Crippen molar-refractivity contribution >= 4 is 23.0 Å². The lowest BCUT2D eigenvalue weighted by atomic mass is 10.1. The lowest BCUT2D eigenvalue weighted by Crippen LogP contribution is -2.29. The number of hydrogen-bond donors (Lipinski definition) is 4. The molecular weight excluding hydrogens is 410 g/mol. The number of aromatic nitrogens is 3. The van der Waals surface area contributed by atoms with Gasteiger partial charge in [-0.25, -0.2) is 4.52 Å². The van der Waals surface area contributed by atoms with Crippen molar-refractivity contribution in [2.45, 2.75) is 19.5 Å². The maximum absolute atomic E-state index is 12.1. The summed E-state index contributed by atoms with van der Waals surface area (Å²) < 4.78 is 6.53. The summed E-state index contributed by atoms with van der Waals surface area (Å²) in [5.74, 6) is -0.301. The number of hydrogen-bond acceptors (Lipinski definition) is 7. The number of methoxy groups -OCH3 is 1. The minimum absolute atomic E-state index is 0.0156. The van der Waals surface area contributed by atoms with Gasteiger partial charge in [0.2, 0.25) is 5.91 Å². The smallest absolute Gasteiger partial charge is 0.252 e. The molecule has 5 N–H and O–H groups in total. The largest absolute Gasteiger partial charge is 0.378 e. The van der Waals surface area contributed by atoms with Crippen molar-refractivity contribution in [1.29, 1.82) is 0 Å². The number of nitrogens with two attached hydrogens (primary N) is 1. The highest BCUT2D eigenvalue weighted by atomic mass is 16.5. The zero-order chi connectivity index (χ0) is 22.7. The van der Waals surface area contributed by atoms with Gasteiger partial charge < -0.3 is 26.4 Å². The van der Waals surface area contributed by atoms with Gasteiger partial charge in [0.25, 0.3) is 5.91 Å². The molecule has 4 heterocycles. The minimum atomic E-state index is -0.523. The highest BCUT2D eigenvalue weighted by Gasteiger charge is 2.25. The van der Waals surface area contributed by atoms with Crippen LogP contribution < -0.4 is 21.7 Å². The first-order chi connectivity index (χ1) is 15.5. The summed E-state index contributed by atoms with van der Waals surface area (Å²) in [7, 11) is 1.47. The predicted octanol–water partition coefficient (Wildman–Crippen LogP) is 0.778. The molecule has 0 aromatic carbocycles. The van der Waals surface area contributed by atoms with E-state index >= 15 is 0 Å². The van der Waals surface area contributed by atoms with Crippen molar-refractivity contribution in [2.75, 3.05) is 32.1 Å². The Morgan fingerprint density at radius 2 is 2.12 bits per heavy atom. The number of fused-ring (bicyclic) bond motifs is 1. The quantitative estimate of drug-likeness (QED) is 0.409. The van der Waals surface area contributed by atoms with Crippen LogP contribution in [0.2, 0.25) is 0 Å². The fourth-order valence-corrected chi connectivity index (χ4v) is 3.81. The highest BCUT2D eigenvalue weighted by molar-refractivity contribution is 6.02. The Morgan fingerprint density at radius 1 is 1.28 bits per heavy atom. The number of primary amides is 1. The molecule has 3 aromatic rings. The summed E-state index contributed by atoms with van der Waals surface area (Å²) in [6.45, 7) is 4.23. The molecule has 10 heteroatoms. The molecule has 0 aliphatic carbocycles. The van der Waals surface area contributed by atoms with E-state index in [1.165, 1.54) is 13.3 Å². The average Bonchev–Trinajstić information content (AvgIpc) is 3.39. The van der Waals surface area contributed by atoms with Crippen LogP contribution in [0.3, 0.4) is 0 Å². The highest BCUT2D eigenvalue weighted by Crippen LogP contribution is 2.29. The van der Waals surface area contributed by atoms with Crippen LogP contribution in [0.1, 0.15) is 23.0 Å². The second-order valence-electron chi connectivity index (χ2n) is 7.99. The van der Waals surface area contributed by atoms with Crippen molar-refractivity contribution in [3.05, 3.63) is 48.0 Å². The second kappa shape index (κ2) is 9.33. The van der Waals surface area contributed by atoms with E-state index in [-0.39, 0.29) is 18.6 Å². The zero-order valence-electron chi connectivity index (χ0n) is 18.1. The molecule has 0 saturated carbocycles. The summed E-state index contributed by atoms with van der Waals surface area (Å²) in [4.78, 5) is 28.0. The van der Waals surface area contributed by atoms with Gasteiger partial charge in [-0.15, -0.1) is 0 Å². The molecule has 1 aliphatic heterocycles. The van der Waals surface area contributed by atoms with Gasteiger partial charge in [0.15, 0.2) is 0 Å². The topological polar surface area (TPSA) is 136 Å². The SMILES string of the molecule is COCC(=O)NCc1ccc(-c2cc3c(N[C@@H]4CNC[C@H]4C)c(C(N)=O)cnn3c2)cn1. The number of nitrogens with zero attached hydrogens (tertiary/aromatic N) is 3. The Balaban J connectivity index is 1.61. The Hall–Kier alpha value is -3.50. The lowest BCUT2D eigenvalue weighted by Gasteiger charge is -2.20. The Labute approximate surface area is 185 Å². The molecule has 1 aliphatic rings. The Kier molecular flexibility index (Phi) is 6.33. The van der Waals surface area contributed by atoms with E-state index in [9.17, 15) is 9.59 Å². The predicted molar refractivity (Wildman–Crippen MR) is 120 cm³/mol. The number of carbonyl (C=O) groups excluding carboxylic acids is 2. The third-order valence-corrected chi connectivity index (χ3v) is 5.65. The van der Waals surface area contributed by atoms with Crippen LogP contribution in [0.5, 0.6) is 0 Å². The van der Waals surface area contributed by atoms with Gasteiger partial charge in [0.1, 0.15) is 6.61 Å². The van der Waals surface area contributed by atoms with Crippen molar-refractivity contribution < 1.29 is 14.3 Å². The number of pyridine rings is 1. The third kappa shape index (κ3) is 4.56. The van der Waals surface area contributed by atoms with Crippen LogP contribution in [0.4, 0.5) is 5.69 Å². The van der Waals surface area contributed by atoms with Crippen LogP contribution >= 0.6 is 0 Å². The molecular formula is C22H27N7O3. The van der Waals surface area contributed by atoms with Gasteiger partial charge in [0.05, 0.1) is 35.2 Å². The molecule has 2 atom stereocenters. The average molecular weight is 438 g/mol. The molecule has 0 bridgehead atoms. The number of anilines is 1. The van der Waals surface area contributed by atoms with E-state index in [1.807, 2.05) is 24.4 Å². The number of carbonyl (C=O) groups is 2. The van der Waals surface area contributed by atoms with E-state index in [0.717, 1.165) is 35.4 Å². The van der Waals surface area contributed by atoms with E-state index in [1.54, 1.807) is 10.7 Å². The summed E-state index contributed by atoms with van der Waals surface area (Å²) in [6, 6.07) is 5.95. The van der Waals surface area contributed by atoms with Crippen molar-refractivity contribution in [1.82, 2.24) is 25.2 Å². The van der Waals surface area contributed by atoms with Crippen LogP contribution in [0.15, 0.2) is 36.8 Å². The van der Waals surface area contributed by atoms with Crippen molar-refractivity contribution in [3.63, 3.8) is 0 Å². The maximum Gasteiger partial charge on any atom is 0.252 e.